The Labute approximate surface area is 193 Å². The van der Waals surface area contributed by atoms with E-state index in [1.54, 1.807) is 19.5 Å². The van der Waals surface area contributed by atoms with Crippen LogP contribution in [0.25, 0.3) is 17.1 Å². The molecular formula is C24H29N5O2S. The molecule has 8 heteroatoms. The average Bonchev–Trinajstić information content (AvgIpc) is 3.22. The van der Waals surface area contributed by atoms with Gasteiger partial charge in [0.25, 0.3) is 0 Å². The van der Waals surface area contributed by atoms with Gasteiger partial charge in [0.15, 0.2) is 11.0 Å². The monoisotopic (exact) mass is 451 g/mol. The summed E-state index contributed by atoms with van der Waals surface area (Å²) in [4.78, 5) is 19.3. The molecule has 0 radical (unpaired) electrons. The molecule has 0 unspecified atom stereocenters. The molecule has 4 rings (SSSR count). The van der Waals surface area contributed by atoms with Gasteiger partial charge in [-0.1, -0.05) is 25.6 Å². The number of thioether (sulfide) groups is 1. The summed E-state index contributed by atoms with van der Waals surface area (Å²) in [6, 6.07) is 11.6. The molecule has 1 aromatic carbocycles. The van der Waals surface area contributed by atoms with Crippen molar-refractivity contribution in [2.75, 3.05) is 20.2 Å². The molecule has 168 valence electrons. The van der Waals surface area contributed by atoms with E-state index in [1.807, 2.05) is 52.8 Å². The number of methoxy groups -OCH3 is 1. The number of carbonyl (C=O) groups excluding carboxylic acids is 1. The van der Waals surface area contributed by atoms with Gasteiger partial charge >= 0.3 is 0 Å². The minimum atomic E-state index is -0.265. The van der Waals surface area contributed by atoms with Crippen LogP contribution in [0.3, 0.4) is 0 Å². The van der Waals surface area contributed by atoms with E-state index in [9.17, 15) is 4.79 Å². The summed E-state index contributed by atoms with van der Waals surface area (Å²) in [5.41, 5.74) is 1.82. The van der Waals surface area contributed by atoms with Crippen LogP contribution in [0, 0.1) is 11.8 Å². The van der Waals surface area contributed by atoms with Crippen LogP contribution in [-0.4, -0.2) is 56.0 Å². The fourth-order valence-corrected chi connectivity index (χ4v) is 5.26. The van der Waals surface area contributed by atoms with Crippen molar-refractivity contribution in [2.45, 2.75) is 37.6 Å². The molecule has 2 aromatic heterocycles. The van der Waals surface area contributed by atoms with Crippen molar-refractivity contribution in [1.82, 2.24) is 24.6 Å². The van der Waals surface area contributed by atoms with E-state index in [-0.39, 0.29) is 11.2 Å². The highest BCUT2D eigenvalue weighted by atomic mass is 32.2. The molecule has 1 aliphatic heterocycles. The number of nitrogens with zero attached hydrogens (tertiary/aromatic N) is 5. The van der Waals surface area contributed by atoms with Gasteiger partial charge in [-0.25, -0.2) is 0 Å². The van der Waals surface area contributed by atoms with Gasteiger partial charge in [-0.2, -0.15) is 0 Å². The summed E-state index contributed by atoms with van der Waals surface area (Å²) in [5, 5.41) is 9.34. The molecule has 1 saturated heterocycles. The van der Waals surface area contributed by atoms with Gasteiger partial charge in [0.05, 0.1) is 12.4 Å². The van der Waals surface area contributed by atoms with E-state index in [0.717, 1.165) is 30.1 Å². The average molecular weight is 452 g/mol. The topological polar surface area (TPSA) is 73.1 Å². The molecule has 0 N–H and O–H groups in total. The van der Waals surface area contributed by atoms with E-state index in [2.05, 4.69) is 29.0 Å². The van der Waals surface area contributed by atoms with Crippen LogP contribution in [0.5, 0.6) is 5.75 Å². The number of aromatic nitrogens is 4. The predicted octanol–water partition coefficient (Wildman–Crippen LogP) is 4.32. The van der Waals surface area contributed by atoms with E-state index in [1.165, 1.54) is 18.2 Å². The summed E-state index contributed by atoms with van der Waals surface area (Å²) in [6.07, 6.45) is 4.65. The van der Waals surface area contributed by atoms with E-state index < -0.39 is 0 Å². The summed E-state index contributed by atoms with van der Waals surface area (Å²) in [7, 11) is 1.65. The Balaban J connectivity index is 1.64. The predicted molar refractivity (Wildman–Crippen MR) is 126 cm³/mol. The van der Waals surface area contributed by atoms with Gasteiger partial charge < -0.3 is 9.64 Å². The first kappa shape index (κ1) is 22.3. The van der Waals surface area contributed by atoms with Gasteiger partial charge in [-0.3, -0.25) is 14.3 Å². The fourth-order valence-electron chi connectivity index (χ4n) is 4.31. The zero-order valence-corrected chi connectivity index (χ0v) is 19.7. The third-order valence-corrected chi connectivity index (χ3v) is 6.74. The van der Waals surface area contributed by atoms with Crippen LogP contribution >= 0.6 is 11.8 Å². The molecule has 32 heavy (non-hydrogen) atoms. The first-order valence-electron chi connectivity index (χ1n) is 10.9. The van der Waals surface area contributed by atoms with Crippen LogP contribution in [0.2, 0.25) is 0 Å². The molecule has 1 aliphatic rings. The lowest BCUT2D eigenvalue weighted by Gasteiger charge is -2.36. The lowest BCUT2D eigenvalue weighted by molar-refractivity contribution is -0.132. The molecule has 3 heterocycles. The third-order valence-electron chi connectivity index (χ3n) is 5.71. The largest absolute Gasteiger partial charge is 0.497 e. The van der Waals surface area contributed by atoms with Crippen LogP contribution in [0.1, 0.15) is 27.2 Å². The molecule has 0 aliphatic carbocycles. The second-order valence-corrected chi connectivity index (χ2v) is 9.83. The Morgan fingerprint density at radius 1 is 1.06 bits per heavy atom. The van der Waals surface area contributed by atoms with Gasteiger partial charge in [-0.15, -0.1) is 10.2 Å². The number of hydrogen-bond acceptors (Lipinski definition) is 6. The summed E-state index contributed by atoms with van der Waals surface area (Å²) in [5.74, 6) is 2.70. The Hall–Kier alpha value is -2.87. The minimum Gasteiger partial charge on any atom is -0.497 e. The van der Waals surface area contributed by atoms with Gasteiger partial charge in [0.1, 0.15) is 5.75 Å². The number of carbonyl (C=O) groups is 1. The molecule has 1 fully saturated rings. The molecule has 0 saturated carbocycles. The summed E-state index contributed by atoms with van der Waals surface area (Å²) < 4.78 is 7.30. The van der Waals surface area contributed by atoms with Crippen molar-refractivity contribution >= 4 is 17.7 Å². The molecule has 0 spiro atoms. The number of piperidine rings is 1. The SMILES string of the molecule is COc1ccc(-n2c(S[C@@H](C)C(=O)N3C[C@H](C)C[C@H](C)C3)nnc2-c2ccncc2)cc1. The number of benzene rings is 1. The molecule has 3 atom stereocenters. The van der Waals surface area contributed by atoms with Crippen LogP contribution in [0.4, 0.5) is 0 Å². The van der Waals surface area contributed by atoms with Crippen molar-refractivity contribution in [2.24, 2.45) is 11.8 Å². The Morgan fingerprint density at radius 2 is 1.72 bits per heavy atom. The van der Waals surface area contributed by atoms with Crippen molar-refractivity contribution < 1.29 is 9.53 Å². The maximum Gasteiger partial charge on any atom is 0.235 e. The number of hydrogen-bond donors (Lipinski definition) is 0. The smallest absolute Gasteiger partial charge is 0.235 e. The highest BCUT2D eigenvalue weighted by molar-refractivity contribution is 8.00. The van der Waals surface area contributed by atoms with E-state index >= 15 is 0 Å². The van der Waals surface area contributed by atoms with Crippen LogP contribution in [-0.2, 0) is 4.79 Å². The Morgan fingerprint density at radius 3 is 2.34 bits per heavy atom. The number of rotatable bonds is 6. The molecule has 7 nitrogen and oxygen atoms in total. The van der Waals surface area contributed by atoms with E-state index in [4.69, 9.17) is 4.74 Å². The highest BCUT2D eigenvalue weighted by Gasteiger charge is 2.30. The van der Waals surface area contributed by atoms with Gasteiger partial charge in [0.2, 0.25) is 5.91 Å². The number of pyridine rings is 1. The van der Waals surface area contributed by atoms with E-state index in [0.29, 0.717) is 22.8 Å². The van der Waals surface area contributed by atoms with Crippen LogP contribution in [0.15, 0.2) is 53.9 Å². The standard InChI is InChI=1S/C24H29N5O2S/c1-16-13-17(2)15-28(14-16)23(30)18(3)32-24-27-26-22(19-9-11-25-12-10-19)29(24)20-5-7-21(31-4)8-6-20/h5-12,16-18H,13-15H2,1-4H3/t16-,17+,18-/m0/s1. The second kappa shape index (κ2) is 9.73. The van der Waals surface area contributed by atoms with Crippen LogP contribution < -0.4 is 4.74 Å². The lowest BCUT2D eigenvalue weighted by atomic mass is 9.92. The normalized spacial score (nSPS) is 19.6. The number of likely N-dealkylation sites (tertiary alicyclic amines) is 1. The number of amides is 1. The van der Waals surface area contributed by atoms with Crippen molar-refractivity contribution in [3.05, 3.63) is 48.8 Å². The zero-order chi connectivity index (χ0) is 22.7. The lowest BCUT2D eigenvalue weighted by Crippen LogP contribution is -2.45. The first-order chi connectivity index (χ1) is 15.5. The van der Waals surface area contributed by atoms with Crippen molar-refractivity contribution in [1.29, 1.82) is 0 Å². The maximum absolute atomic E-state index is 13.2. The minimum absolute atomic E-state index is 0.156. The second-order valence-electron chi connectivity index (χ2n) is 8.52. The van der Waals surface area contributed by atoms with Gasteiger partial charge in [0, 0.05) is 36.7 Å². The van der Waals surface area contributed by atoms with Gasteiger partial charge in [-0.05, 0) is 61.6 Å². The quantitative estimate of drug-likeness (QED) is 0.520. The Kier molecular flexibility index (Phi) is 6.79. The summed E-state index contributed by atoms with van der Waals surface area (Å²) in [6.45, 7) is 8.03. The third kappa shape index (κ3) is 4.80. The molecule has 0 bridgehead atoms. The number of ether oxygens (including phenoxy) is 1. The Bertz CT molecular complexity index is 1040. The van der Waals surface area contributed by atoms with Crippen molar-refractivity contribution in [3.8, 4) is 22.8 Å². The van der Waals surface area contributed by atoms with Crippen molar-refractivity contribution in [3.63, 3.8) is 0 Å². The molecular weight excluding hydrogens is 422 g/mol. The first-order valence-corrected chi connectivity index (χ1v) is 11.8. The zero-order valence-electron chi connectivity index (χ0n) is 18.9. The summed E-state index contributed by atoms with van der Waals surface area (Å²) >= 11 is 1.45. The highest BCUT2D eigenvalue weighted by Crippen LogP contribution is 2.32. The molecule has 3 aromatic rings. The fraction of sp³-hybridized carbons (Fsp3) is 0.417. The molecule has 1 amide bonds. The maximum atomic E-state index is 13.2.